The maximum absolute atomic E-state index is 12.8. The molecule has 1 amide bonds. The number of carbonyl (C=O) groups is 1. The number of nitrogens with one attached hydrogen (secondary N) is 3. The highest BCUT2D eigenvalue weighted by Crippen LogP contribution is 2.47. The van der Waals surface area contributed by atoms with Gasteiger partial charge in [0.2, 0.25) is 0 Å². The van der Waals surface area contributed by atoms with Crippen molar-refractivity contribution in [2.24, 2.45) is 5.73 Å². The van der Waals surface area contributed by atoms with Crippen LogP contribution in [0.2, 0.25) is 0 Å². The monoisotopic (exact) mass is 549 g/mol. The molecule has 0 spiro atoms. The highest BCUT2D eigenvalue weighted by molar-refractivity contribution is 5.94. The lowest BCUT2D eigenvalue weighted by Crippen LogP contribution is -2.40. The first-order valence-electron chi connectivity index (χ1n) is 14.4. The Morgan fingerprint density at radius 3 is 2.22 bits per heavy atom. The van der Waals surface area contributed by atoms with Crippen LogP contribution in [0.15, 0.2) is 67.2 Å². The SMILES string of the molecule is C=C(NCC)c1ccc2c(c1)CCc1cc(C(=O)NCC)ccc1C2(C[C@H](N)Cc1ccc(C)cc1)c1nn[nH]n1. The summed E-state index contributed by atoms with van der Waals surface area (Å²) >= 11 is 0. The zero-order valence-corrected chi connectivity index (χ0v) is 24.1. The number of nitrogens with two attached hydrogens (primary N) is 1. The Morgan fingerprint density at radius 1 is 0.976 bits per heavy atom. The minimum atomic E-state index is -0.768. The second-order valence-electron chi connectivity index (χ2n) is 10.9. The lowest BCUT2D eigenvalue weighted by atomic mass is 9.67. The topological polar surface area (TPSA) is 122 Å². The summed E-state index contributed by atoms with van der Waals surface area (Å²) in [6.07, 6.45) is 2.83. The number of rotatable bonds is 10. The molecule has 212 valence electrons. The molecule has 4 aromatic rings. The number of amides is 1. The van der Waals surface area contributed by atoms with Crippen LogP contribution in [0.4, 0.5) is 0 Å². The predicted octanol–water partition coefficient (Wildman–Crippen LogP) is 4.23. The molecule has 0 saturated carbocycles. The quantitative estimate of drug-likeness (QED) is 0.235. The molecule has 1 heterocycles. The molecule has 0 aliphatic heterocycles. The van der Waals surface area contributed by atoms with Crippen molar-refractivity contribution in [3.63, 3.8) is 0 Å². The summed E-state index contributed by atoms with van der Waals surface area (Å²) in [5, 5.41) is 22.1. The molecule has 0 saturated heterocycles. The number of carbonyl (C=O) groups excluding carboxylic acids is 1. The number of benzene rings is 3. The second-order valence-corrected chi connectivity index (χ2v) is 10.9. The summed E-state index contributed by atoms with van der Waals surface area (Å²) in [7, 11) is 0. The van der Waals surface area contributed by atoms with Crippen LogP contribution in [0.1, 0.15) is 75.4 Å². The number of H-pyrrole nitrogens is 1. The van der Waals surface area contributed by atoms with Crippen molar-refractivity contribution < 1.29 is 4.79 Å². The molecule has 0 radical (unpaired) electrons. The van der Waals surface area contributed by atoms with Gasteiger partial charge in [-0.25, -0.2) is 0 Å². The van der Waals surface area contributed by atoms with E-state index in [0.717, 1.165) is 47.3 Å². The van der Waals surface area contributed by atoms with Crippen LogP contribution in [0, 0.1) is 6.92 Å². The number of hydrogen-bond acceptors (Lipinski definition) is 6. The number of aryl methyl sites for hydroxylation is 3. The molecule has 8 heteroatoms. The van der Waals surface area contributed by atoms with Gasteiger partial charge >= 0.3 is 0 Å². The first-order chi connectivity index (χ1) is 19.8. The Kier molecular flexibility index (Phi) is 8.31. The minimum absolute atomic E-state index is 0.0810. The lowest BCUT2D eigenvalue weighted by molar-refractivity contribution is 0.0955. The van der Waals surface area contributed by atoms with Crippen molar-refractivity contribution in [3.8, 4) is 0 Å². The van der Waals surface area contributed by atoms with E-state index >= 15 is 0 Å². The van der Waals surface area contributed by atoms with Gasteiger partial charge in [-0.2, -0.15) is 5.21 Å². The molecule has 0 fully saturated rings. The van der Waals surface area contributed by atoms with Crippen molar-refractivity contribution >= 4 is 11.6 Å². The molecule has 1 aliphatic rings. The third-order valence-corrected chi connectivity index (χ3v) is 8.05. The van der Waals surface area contributed by atoms with Crippen molar-refractivity contribution in [3.05, 3.63) is 118 Å². The van der Waals surface area contributed by atoms with Crippen LogP contribution in [0.5, 0.6) is 0 Å². The second kappa shape index (κ2) is 12.1. The van der Waals surface area contributed by atoms with E-state index in [1.54, 1.807) is 0 Å². The molecule has 5 rings (SSSR count). The number of hydrogen-bond donors (Lipinski definition) is 4. The van der Waals surface area contributed by atoms with E-state index in [9.17, 15) is 4.79 Å². The summed E-state index contributed by atoms with van der Waals surface area (Å²) in [5.74, 6) is 0.493. The summed E-state index contributed by atoms with van der Waals surface area (Å²) in [6.45, 7) is 11.7. The van der Waals surface area contributed by atoms with Crippen molar-refractivity contribution in [2.45, 2.75) is 57.9 Å². The van der Waals surface area contributed by atoms with Crippen LogP contribution in [-0.4, -0.2) is 45.7 Å². The number of fused-ring (bicyclic) bond motifs is 2. The average Bonchev–Trinajstić information content (AvgIpc) is 3.48. The van der Waals surface area contributed by atoms with Gasteiger partial charge in [0.25, 0.3) is 5.91 Å². The molecule has 0 bridgehead atoms. The molecule has 5 N–H and O–H groups in total. The number of aromatic nitrogens is 4. The highest BCUT2D eigenvalue weighted by atomic mass is 16.1. The normalized spacial score (nSPS) is 16.7. The van der Waals surface area contributed by atoms with E-state index in [2.05, 4.69) is 100 Å². The molecule has 3 aromatic carbocycles. The molecule has 1 aromatic heterocycles. The lowest BCUT2D eigenvalue weighted by Gasteiger charge is -2.36. The van der Waals surface area contributed by atoms with Gasteiger partial charge in [-0.3, -0.25) is 4.79 Å². The van der Waals surface area contributed by atoms with E-state index in [0.29, 0.717) is 30.8 Å². The molecule has 8 nitrogen and oxygen atoms in total. The Labute approximate surface area is 241 Å². The number of tetrazole rings is 1. The van der Waals surface area contributed by atoms with Crippen LogP contribution < -0.4 is 16.4 Å². The Morgan fingerprint density at radius 2 is 1.61 bits per heavy atom. The van der Waals surface area contributed by atoms with Gasteiger partial charge < -0.3 is 16.4 Å². The molecular formula is C33H39N7O. The molecular weight excluding hydrogens is 510 g/mol. The van der Waals surface area contributed by atoms with E-state index < -0.39 is 5.41 Å². The number of nitrogens with zero attached hydrogens (tertiary/aromatic N) is 3. The molecule has 2 atom stereocenters. The Balaban J connectivity index is 1.69. The molecule has 41 heavy (non-hydrogen) atoms. The molecule has 1 aliphatic carbocycles. The van der Waals surface area contributed by atoms with Crippen LogP contribution in [-0.2, 0) is 24.7 Å². The summed E-state index contributed by atoms with van der Waals surface area (Å²) in [5.41, 5.74) is 15.6. The minimum Gasteiger partial charge on any atom is -0.385 e. The highest BCUT2D eigenvalue weighted by Gasteiger charge is 2.45. The van der Waals surface area contributed by atoms with E-state index in [4.69, 9.17) is 5.73 Å². The van der Waals surface area contributed by atoms with Crippen molar-refractivity contribution in [1.82, 2.24) is 31.3 Å². The Hall–Kier alpha value is -4.30. The largest absolute Gasteiger partial charge is 0.385 e. The first-order valence-corrected chi connectivity index (χ1v) is 14.4. The van der Waals surface area contributed by atoms with Gasteiger partial charge in [-0.05, 0) is 98.0 Å². The zero-order valence-electron chi connectivity index (χ0n) is 24.1. The fourth-order valence-electron chi connectivity index (χ4n) is 6.14. The maximum Gasteiger partial charge on any atom is 0.251 e. The van der Waals surface area contributed by atoms with E-state index in [-0.39, 0.29) is 11.9 Å². The van der Waals surface area contributed by atoms with Gasteiger partial charge in [-0.1, -0.05) is 59.8 Å². The number of aromatic amines is 1. The summed E-state index contributed by atoms with van der Waals surface area (Å²) in [6, 6.07) is 20.8. The average molecular weight is 550 g/mol. The predicted molar refractivity (Wildman–Crippen MR) is 163 cm³/mol. The zero-order chi connectivity index (χ0) is 29.0. The maximum atomic E-state index is 12.8. The summed E-state index contributed by atoms with van der Waals surface area (Å²) < 4.78 is 0. The van der Waals surface area contributed by atoms with Gasteiger partial charge in [0.05, 0.1) is 5.41 Å². The van der Waals surface area contributed by atoms with Gasteiger partial charge in [0.1, 0.15) is 0 Å². The third-order valence-electron chi connectivity index (χ3n) is 8.05. The fourth-order valence-corrected chi connectivity index (χ4v) is 6.14. The van der Waals surface area contributed by atoms with E-state index in [1.165, 1.54) is 16.7 Å². The van der Waals surface area contributed by atoms with E-state index in [1.807, 2.05) is 19.1 Å². The first kappa shape index (κ1) is 28.2. The van der Waals surface area contributed by atoms with Crippen LogP contribution in [0.25, 0.3) is 5.70 Å². The summed E-state index contributed by atoms with van der Waals surface area (Å²) in [4.78, 5) is 12.8. The third kappa shape index (κ3) is 5.65. The van der Waals surface area contributed by atoms with Gasteiger partial charge in [0, 0.05) is 30.4 Å². The fraction of sp³-hybridized carbons (Fsp3) is 0.333. The smallest absolute Gasteiger partial charge is 0.251 e. The standard InChI is InChI=1S/C33H39N7O/c1-5-35-22(4)24-13-15-29-25(18-24)11-12-26-19-27(31(41)36-6-2)14-16-30(26)33(29,32-37-39-40-38-32)20-28(34)17-23-9-7-21(3)8-10-23/h7-10,13-16,18-19,28,35H,4-6,11-12,17,20,34H2,1-3H3,(H,36,41)(H,37,38,39,40)/t28-,33?/m1/s1. The van der Waals surface area contributed by atoms with Crippen molar-refractivity contribution in [2.75, 3.05) is 13.1 Å². The molecule has 1 unspecified atom stereocenters. The van der Waals surface area contributed by atoms with Crippen LogP contribution >= 0.6 is 0 Å². The Bertz CT molecular complexity index is 1460. The van der Waals surface area contributed by atoms with Crippen LogP contribution in [0.3, 0.4) is 0 Å². The van der Waals surface area contributed by atoms with Gasteiger partial charge in [-0.15, -0.1) is 10.2 Å². The van der Waals surface area contributed by atoms with Crippen molar-refractivity contribution in [1.29, 1.82) is 0 Å². The van der Waals surface area contributed by atoms with Gasteiger partial charge in [0.15, 0.2) is 5.82 Å².